The summed E-state index contributed by atoms with van der Waals surface area (Å²) in [4.78, 5) is 13.5. The summed E-state index contributed by atoms with van der Waals surface area (Å²) in [7, 11) is 1.52. The maximum absolute atomic E-state index is 11.0. The van der Waals surface area contributed by atoms with E-state index < -0.39 is 5.76 Å². The van der Waals surface area contributed by atoms with Crippen LogP contribution in [0.4, 0.5) is 5.69 Å². The molecule has 1 heterocycles. The zero-order chi connectivity index (χ0) is 10.3. The first kappa shape index (κ1) is 8.68. The van der Waals surface area contributed by atoms with E-state index in [9.17, 15) is 4.79 Å². The van der Waals surface area contributed by atoms with Crippen molar-refractivity contribution >= 4 is 16.8 Å². The zero-order valence-corrected chi connectivity index (χ0v) is 7.88. The van der Waals surface area contributed by atoms with Crippen LogP contribution in [-0.2, 0) is 0 Å². The number of oxazole rings is 1. The fourth-order valence-corrected chi connectivity index (χ4v) is 1.42. The number of methoxy groups -OCH3 is 1. The van der Waals surface area contributed by atoms with Crippen molar-refractivity contribution in [2.45, 2.75) is 6.92 Å². The Morgan fingerprint density at radius 2 is 2.29 bits per heavy atom. The zero-order valence-electron chi connectivity index (χ0n) is 7.88. The molecular formula is C9H10N2O3. The number of H-pyrrole nitrogens is 1. The summed E-state index contributed by atoms with van der Waals surface area (Å²) in [5.41, 5.74) is 7.90. The molecule has 0 amide bonds. The number of aromatic nitrogens is 1. The Bertz CT molecular complexity index is 539. The Kier molecular flexibility index (Phi) is 1.73. The highest BCUT2D eigenvalue weighted by atomic mass is 16.5. The largest absolute Gasteiger partial charge is 0.494 e. The van der Waals surface area contributed by atoms with Gasteiger partial charge in [0.05, 0.1) is 12.6 Å². The third-order valence-electron chi connectivity index (χ3n) is 2.12. The number of benzene rings is 1. The van der Waals surface area contributed by atoms with E-state index in [0.717, 1.165) is 5.56 Å². The first-order chi connectivity index (χ1) is 6.63. The maximum atomic E-state index is 11.0. The Morgan fingerprint density at radius 1 is 1.57 bits per heavy atom. The molecule has 0 aliphatic carbocycles. The Labute approximate surface area is 79.5 Å². The molecule has 2 rings (SSSR count). The average Bonchev–Trinajstić information content (AvgIpc) is 2.54. The highest BCUT2D eigenvalue weighted by Gasteiger charge is 2.12. The third kappa shape index (κ3) is 1.06. The lowest BCUT2D eigenvalue weighted by Gasteiger charge is -2.05. The Morgan fingerprint density at radius 3 is 2.93 bits per heavy atom. The van der Waals surface area contributed by atoms with E-state index in [0.29, 0.717) is 22.5 Å². The van der Waals surface area contributed by atoms with Crippen LogP contribution < -0.4 is 16.2 Å². The molecule has 0 aliphatic heterocycles. The van der Waals surface area contributed by atoms with Gasteiger partial charge in [0.1, 0.15) is 11.4 Å². The lowest BCUT2D eigenvalue weighted by atomic mass is 10.2. The highest BCUT2D eigenvalue weighted by molar-refractivity contribution is 5.90. The van der Waals surface area contributed by atoms with Gasteiger partial charge in [-0.15, -0.1) is 0 Å². The third-order valence-corrected chi connectivity index (χ3v) is 2.12. The van der Waals surface area contributed by atoms with Gasteiger partial charge < -0.3 is 14.9 Å². The molecule has 5 nitrogen and oxygen atoms in total. The van der Waals surface area contributed by atoms with Gasteiger partial charge >= 0.3 is 5.76 Å². The number of rotatable bonds is 1. The average molecular weight is 194 g/mol. The predicted octanol–water partition coefficient (Wildman–Crippen LogP) is 1.02. The summed E-state index contributed by atoms with van der Waals surface area (Å²) in [5, 5.41) is 0. The van der Waals surface area contributed by atoms with Gasteiger partial charge in [0.2, 0.25) is 0 Å². The summed E-state index contributed by atoms with van der Waals surface area (Å²) >= 11 is 0. The summed E-state index contributed by atoms with van der Waals surface area (Å²) in [5.74, 6) is 0.000744. The molecule has 1 aromatic heterocycles. The molecule has 3 N–H and O–H groups in total. The number of nitrogens with two attached hydrogens (primary N) is 1. The van der Waals surface area contributed by atoms with Crippen LogP contribution in [0.3, 0.4) is 0 Å². The second-order valence-corrected chi connectivity index (χ2v) is 3.03. The summed E-state index contributed by atoms with van der Waals surface area (Å²) in [6.45, 7) is 1.84. The first-order valence-corrected chi connectivity index (χ1v) is 4.09. The molecule has 0 bridgehead atoms. The van der Waals surface area contributed by atoms with Crippen LogP contribution in [0.15, 0.2) is 15.3 Å². The molecule has 0 unspecified atom stereocenters. The number of nitrogens with one attached hydrogen (secondary N) is 1. The maximum Gasteiger partial charge on any atom is 0.417 e. The molecule has 74 valence electrons. The normalized spacial score (nSPS) is 10.7. The molecule has 0 spiro atoms. The molecule has 0 fully saturated rings. The number of fused-ring (bicyclic) bond motifs is 1. The fraction of sp³-hybridized carbons (Fsp3) is 0.222. The van der Waals surface area contributed by atoms with Gasteiger partial charge in [-0.05, 0) is 18.6 Å². The molecule has 0 aliphatic rings. The van der Waals surface area contributed by atoms with E-state index in [1.807, 2.05) is 6.92 Å². The second-order valence-electron chi connectivity index (χ2n) is 3.03. The minimum absolute atomic E-state index is 0.339. The van der Waals surface area contributed by atoms with E-state index in [1.165, 1.54) is 7.11 Å². The predicted molar refractivity (Wildman–Crippen MR) is 52.5 cm³/mol. The van der Waals surface area contributed by atoms with Gasteiger partial charge in [-0.1, -0.05) is 0 Å². The second kappa shape index (κ2) is 2.80. The van der Waals surface area contributed by atoms with E-state index in [1.54, 1.807) is 6.07 Å². The smallest absolute Gasteiger partial charge is 0.417 e. The van der Waals surface area contributed by atoms with Crippen molar-refractivity contribution in [2.24, 2.45) is 0 Å². The number of ether oxygens (including phenoxy) is 1. The van der Waals surface area contributed by atoms with Crippen LogP contribution in [0.2, 0.25) is 0 Å². The van der Waals surface area contributed by atoms with Crippen molar-refractivity contribution < 1.29 is 9.15 Å². The molecule has 0 atom stereocenters. The summed E-state index contributed by atoms with van der Waals surface area (Å²) in [6, 6.07) is 1.75. The van der Waals surface area contributed by atoms with E-state index in [-0.39, 0.29) is 0 Å². The van der Waals surface area contributed by atoms with Crippen LogP contribution in [0.25, 0.3) is 11.1 Å². The van der Waals surface area contributed by atoms with E-state index >= 15 is 0 Å². The van der Waals surface area contributed by atoms with Gasteiger partial charge in [0.15, 0.2) is 5.58 Å². The number of hydrogen-bond donors (Lipinski definition) is 2. The standard InChI is InChI=1S/C9H10N2O3/c1-4-3-5(13-2)6(10)8-7(4)11-9(12)14-8/h3H,10H2,1-2H3,(H,11,12). The quantitative estimate of drug-likeness (QED) is 0.664. The van der Waals surface area contributed by atoms with Crippen LogP contribution in [0.1, 0.15) is 5.56 Å². The van der Waals surface area contributed by atoms with Crippen molar-refractivity contribution in [3.05, 3.63) is 22.2 Å². The molecule has 1 aromatic carbocycles. The topological polar surface area (TPSA) is 81.2 Å². The number of anilines is 1. The summed E-state index contributed by atoms with van der Waals surface area (Å²) in [6.07, 6.45) is 0. The first-order valence-electron chi connectivity index (χ1n) is 4.09. The fourth-order valence-electron chi connectivity index (χ4n) is 1.42. The Balaban J connectivity index is 2.93. The molecule has 0 saturated carbocycles. The van der Waals surface area contributed by atoms with Crippen molar-refractivity contribution in [2.75, 3.05) is 12.8 Å². The van der Waals surface area contributed by atoms with Crippen LogP contribution >= 0.6 is 0 Å². The Hall–Kier alpha value is -1.91. The minimum atomic E-state index is -0.511. The van der Waals surface area contributed by atoms with Gasteiger partial charge in [-0.3, -0.25) is 4.98 Å². The van der Waals surface area contributed by atoms with Crippen molar-refractivity contribution in [1.82, 2.24) is 4.98 Å². The molecule has 5 heteroatoms. The van der Waals surface area contributed by atoms with Crippen LogP contribution in [0, 0.1) is 6.92 Å². The minimum Gasteiger partial charge on any atom is -0.494 e. The van der Waals surface area contributed by atoms with E-state index in [4.69, 9.17) is 14.9 Å². The molecule has 0 radical (unpaired) electrons. The molecule has 2 aromatic rings. The van der Waals surface area contributed by atoms with Gasteiger partial charge in [0, 0.05) is 0 Å². The van der Waals surface area contributed by atoms with Gasteiger partial charge in [-0.2, -0.15) is 0 Å². The highest BCUT2D eigenvalue weighted by Crippen LogP contribution is 2.31. The molecule has 14 heavy (non-hydrogen) atoms. The number of hydrogen-bond acceptors (Lipinski definition) is 4. The lowest BCUT2D eigenvalue weighted by Crippen LogP contribution is -1.94. The van der Waals surface area contributed by atoms with Gasteiger partial charge in [0.25, 0.3) is 0 Å². The monoisotopic (exact) mass is 194 g/mol. The lowest BCUT2D eigenvalue weighted by molar-refractivity contribution is 0.416. The van der Waals surface area contributed by atoms with Crippen LogP contribution in [-0.4, -0.2) is 12.1 Å². The SMILES string of the molecule is COc1cc(C)c2[nH]c(=O)oc2c1N. The number of aromatic amines is 1. The van der Waals surface area contributed by atoms with Crippen molar-refractivity contribution in [3.8, 4) is 5.75 Å². The number of nitrogen functional groups attached to an aromatic ring is 1. The summed E-state index contributed by atoms with van der Waals surface area (Å²) < 4.78 is 9.95. The van der Waals surface area contributed by atoms with Gasteiger partial charge in [-0.25, -0.2) is 4.79 Å². The van der Waals surface area contributed by atoms with Crippen LogP contribution in [0.5, 0.6) is 5.75 Å². The number of aryl methyl sites for hydroxylation is 1. The van der Waals surface area contributed by atoms with E-state index in [2.05, 4.69) is 4.98 Å². The molecular weight excluding hydrogens is 184 g/mol. The van der Waals surface area contributed by atoms with Crippen molar-refractivity contribution in [1.29, 1.82) is 0 Å². The molecule has 0 saturated heterocycles. The van der Waals surface area contributed by atoms with Crippen molar-refractivity contribution in [3.63, 3.8) is 0 Å².